The number of ether oxygens (including phenoxy) is 2. The number of nitrogens with one attached hydrogen (secondary N) is 1. The number of carbonyl (C=O) groups is 1. The first kappa shape index (κ1) is 18.6. The molecule has 1 atom stereocenters. The van der Waals surface area contributed by atoms with E-state index < -0.39 is 6.10 Å². The second-order valence-corrected chi connectivity index (χ2v) is 7.04. The van der Waals surface area contributed by atoms with Gasteiger partial charge in [-0.3, -0.25) is 4.79 Å². The minimum Gasteiger partial charge on any atom is -0.461 e. The Bertz CT molecular complexity index is 763. The van der Waals surface area contributed by atoms with Crippen molar-refractivity contribution in [2.45, 2.75) is 33.8 Å². The molecule has 1 fully saturated rings. The number of benzene rings is 1. The van der Waals surface area contributed by atoms with Crippen molar-refractivity contribution in [1.29, 1.82) is 0 Å². The van der Waals surface area contributed by atoms with Crippen molar-refractivity contribution in [2.24, 2.45) is 0 Å². The second kappa shape index (κ2) is 8.01. The van der Waals surface area contributed by atoms with E-state index in [1.165, 1.54) is 5.56 Å². The zero-order valence-corrected chi connectivity index (χ0v) is 16.4. The normalized spacial score (nSPS) is 15.6. The van der Waals surface area contributed by atoms with E-state index in [1.54, 1.807) is 6.92 Å². The van der Waals surface area contributed by atoms with E-state index in [4.69, 9.17) is 9.47 Å². The lowest BCUT2D eigenvalue weighted by Crippen LogP contribution is -2.37. The summed E-state index contributed by atoms with van der Waals surface area (Å²) in [5, 5.41) is 2.97. The highest BCUT2D eigenvalue weighted by molar-refractivity contribution is 6.99. The van der Waals surface area contributed by atoms with E-state index in [0.29, 0.717) is 24.9 Å². The van der Waals surface area contributed by atoms with E-state index >= 15 is 0 Å². The fourth-order valence-electron chi connectivity index (χ4n) is 3.04. The summed E-state index contributed by atoms with van der Waals surface area (Å²) in [6.07, 6.45) is -0.682. The minimum absolute atomic E-state index is 0.207. The van der Waals surface area contributed by atoms with Gasteiger partial charge in [0.25, 0.3) is 11.8 Å². The molecule has 0 saturated carbocycles. The molecule has 2 heterocycles. The van der Waals surface area contributed by atoms with Gasteiger partial charge in [0, 0.05) is 18.8 Å². The number of hydrogen-bond acceptors (Lipinski definition) is 7. The number of aromatic nitrogens is 2. The Balaban J connectivity index is 1.68. The summed E-state index contributed by atoms with van der Waals surface area (Å²) in [5.41, 5.74) is 4.08. The van der Waals surface area contributed by atoms with E-state index in [1.807, 2.05) is 20.8 Å². The highest BCUT2D eigenvalue weighted by Gasteiger charge is 2.24. The molecule has 0 aliphatic carbocycles. The van der Waals surface area contributed by atoms with Crippen LogP contribution in [0.1, 0.15) is 23.6 Å². The topological polar surface area (TPSA) is 76.6 Å². The summed E-state index contributed by atoms with van der Waals surface area (Å²) < 4.78 is 19.7. The maximum absolute atomic E-state index is 12.6. The third kappa shape index (κ3) is 4.13. The van der Waals surface area contributed by atoms with Gasteiger partial charge < -0.3 is 19.7 Å². The summed E-state index contributed by atoms with van der Waals surface area (Å²) in [4.78, 5) is 14.7. The highest BCUT2D eigenvalue weighted by atomic mass is 32.1. The molecule has 1 aliphatic heterocycles. The van der Waals surface area contributed by atoms with Crippen LogP contribution in [0.3, 0.4) is 0 Å². The van der Waals surface area contributed by atoms with Crippen LogP contribution in [0.2, 0.25) is 0 Å². The zero-order chi connectivity index (χ0) is 18.7. The van der Waals surface area contributed by atoms with Gasteiger partial charge in [-0.25, -0.2) is 0 Å². The molecule has 0 spiro atoms. The maximum Gasteiger partial charge on any atom is 0.271 e. The molecule has 1 aliphatic rings. The molecule has 8 heteroatoms. The van der Waals surface area contributed by atoms with E-state index in [9.17, 15) is 4.79 Å². The smallest absolute Gasteiger partial charge is 0.271 e. The van der Waals surface area contributed by atoms with Crippen molar-refractivity contribution < 1.29 is 14.3 Å². The first-order valence-corrected chi connectivity index (χ1v) is 9.39. The maximum atomic E-state index is 12.6. The number of anilines is 2. The van der Waals surface area contributed by atoms with Crippen molar-refractivity contribution in [3.05, 3.63) is 28.8 Å². The number of nitrogens with zero attached hydrogens (tertiary/aromatic N) is 3. The van der Waals surface area contributed by atoms with Gasteiger partial charge in [-0.05, 0) is 38.8 Å². The lowest BCUT2D eigenvalue weighted by atomic mass is 10.0. The monoisotopic (exact) mass is 376 g/mol. The van der Waals surface area contributed by atoms with Crippen LogP contribution >= 0.6 is 11.7 Å². The number of aryl methyl sites for hydroxylation is 3. The van der Waals surface area contributed by atoms with Crippen molar-refractivity contribution >= 4 is 29.1 Å². The van der Waals surface area contributed by atoms with Gasteiger partial charge in [0.15, 0.2) is 6.10 Å². The van der Waals surface area contributed by atoms with Gasteiger partial charge in [0.2, 0.25) is 5.82 Å². The van der Waals surface area contributed by atoms with Crippen LogP contribution in [0.25, 0.3) is 0 Å². The Morgan fingerprint density at radius 1 is 1.23 bits per heavy atom. The second-order valence-electron chi connectivity index (χ2n) is 6.52. The fourth-order valence-corrected chi connectivity index (χ4v) is 3.55. The lowest BCUT2D eigenvalue weighted by Gasteiger charge is -2.27. The van der Waals surface area contributed by atoms with Gasteiger partial charge in [-0.15, -0.1) is 4.37 Å². The SMILES string of the molecule is Cc1cc(C)c(NC(=O)C(C)Oc2nsnc2N2CCOCC2)c(C)c1. The number of amides is 1. The molecule has 26 heavy (non-hydrogen) atoms. The average Bonchev–Trinajstić information content (AvgIpc) is 3.06. The Labute approximate surface area is 157 Å². The van der Waals surface area contributed by atoms with Crippen LogP contribution in [0.4, 0.5) is 11.5 Å². The molecule has 1 aromatic carbocycles. The predicted molar refractivity (Wildman–Crippen MR) is 102 cm³/mol. The molecular formula is C18H24N4O3S. The number of morpholine rings is 1. The molecular weight excluding hydrogens is 352 g/mol. The zero-order valence-electron chi connectivity index (χ0n) is 15.5. The van der Waals surface area contributed by atoms with Crippen LogP contribution in [-0.2, 0) is 9.53 Å². The van der Waals surface area contributed by atoms with Crippen molar-refractivity contribution in [3.63, 3.8) is 0 Å². The Kier molecular flexibility index (Phi) is 5.73. The van der Waals surface area contributed by atoms with Crippen LogP contribution in [-0.4, -0.2) is 47.1 Å². The van der Waals surface area contributed by atoms with Crippen LogP contribution in [0.15, 0.2) is 12.1 Å². The van der Waals surface area contributed by atoms with Gasteiger partial charge in [-0.2, -0.15) is 4.37 Å². The lowest BCUT2D eigenvalue weighted by molar-refractivity contribution is -0.122. The van der Waals surface area contributed by atoms with E-state index in [0.717, 1.165) is 41.6 Å². The molecule has 0 radical (unpaired) electrons. The molecule has 1 N–H and O–H groups in total. The molecule has 7 nitrogen and oxygen atoms in total. The molecule has 3 rings (SSSR count). The summed E-state index contributed by atoms with van der Waals surface area (Å²) in [6, 6.07) is 4.10. The summed E-state index contributed by atoms with van der Waals surface area (Å²) >= 11 is 1.08. The quantitative estimate of drug-likeness (QED) is 0.865. The van der Waals surface area contributed by atoms with Gasteiger partial charge in [-0.1, -0.05) is 17.7 Å². The van der Waals surface area contributed by atoms with Crippen molar-refractivity contribution in [3.8, 4) is 5.88 Å². The van der Waals surface area contributed by atoms with Crippen molar-refractivity contribution in [1.82, 2.24) is 8.75 Å². The molecule has 1 aromatic heterocycles. The van der Waals surface area contributed by atoms with Crippen molar-refractivity contribution in [2.75, 3.05) is 36.5 Å². The van der Waals surface area contributed by atoms with Crippen LogP contribution in [0.5, 0.6) is 5.88 Å². The van der Waals surface area contributed by atoms with Gasteiger partial charge >= 0.3 is 0 Å². The molecule has 0 bridgehead atoms. The summed E-state index contributed by atoms with van der Waals surface area (Å²) in [5.74, 6) is 0.874. The van der Waals surface area contributed by atoms with Gasteiger partial charge in [0.1, 0.15) is 0 Å². The Morgan fingerprint density at radius 2 is 1.88 bits per heavy atom. The average molecular weight is 376 g/mol. The largest absolute Gasteiger partial charge is 0.461 e. The Morgan fingerprint density at radius 3 is 2.54 bits per heavy atom. The van der Waals surface area contributed by atoms with Crippen LogP contribution in [0, 0.1) is 20.8 Å². The highest BCUT2D eigenvalue weighted by Crippen LogP contribution is 2.28. The third-order valence-corrected chi connectivity index (χ3v) is 4.84. The third-order valence-electron chi connectivity index (χ3n) is 4.34. The first-order chi connectivity index (χ1) is 12.5. The summed E-state index contributed by atoms with van der Waals surface area (Å²) in [6.45, 7) is 10.5. The summed E-state index contributed by atoms with van der Waals surface area (Å²) in [7, 11) is 0. The molecule has 1 unspecified atom stereocenters. The number of carbonyl (C=O) groups excluding carboxylic acids is 1. The standard InChI is InChI=1S/C18H24N4O3S/c1-11-9-12(2)15(13(3)10-11)19-17(23)14(4)25-18-16(20-26-21-18)22-5-7-24-8-6-22/h9-10,14H,5-8H2,1-4H3,(H,19,23). The van der Waals surface area contributed by atoms with E-state index in [-0.39, 0.29) is 5.91 Å². The minimum atomic E-state index is -0.682. The Hall–Kier alpha value is -2.19. The van der Waals surface area contributed by atoms with Gasteiger partial charge in [0.05, 0.1) is 24.9 Å². The molecule has 140 valence electrons. The predicted octanol–water partition coefficient (Wildman–Crippen LogP) is 2.71. The number of hydrogen-bond donors (Lipinski definition) is 1. The fraction of sp³-hybridized carbons (Fsp3) is 0.500. The first-order valence-electron chi connectivity index (χ1n) is 8.66. The van der Waals surface area contributed by atoms with Crippen LogP contribution < -0.4 is 15.0 Å². The molecule has 1 saturated heterocycles. The molecule has 1 amide bonds. The number of rotatable bonds is 5. The molecule has 2 aromatic rings. The van der Waals surface area contributed by atoms with E-state index in [2.05, 4.69) is 31.1 Å².